The van der Waals surface area contributed by atoms with E-state index < -0.39 is 0 Å². The highest BCUT2D eigenvalue weighted by Crippen LogP contribution is 2.57. The second-order valence-electron chi connectivity index (χ2n) is 5.65. The van der Waals surface area contributed by atoms with Gasteiger partial charge in [0, 0.05) is 6.08 Å². The Hall–Kier alpha value is -1.57. The summed E-state index contributed by atoms with van der Waals surface area (Å²) in [6.45, 7) is 4.36. The van der Waals surface area contributed by atoms with Gasteiger partial charge in [-0.25, -0.2) is 4.79 Å². The molecule has 2 aliphatic rings. The number of rotatable bonds is 3. The molecule has 0 radical (unpaired) electrons. The van der Waals surface area contributed by atoms with Gasteiger partial charge in [0.2, 0.25) is 0 Å². The van der Waals surface area contributed by atoms with Gasteiger partial charge >= 0.3 is 5.97 Å². The van der Waals surface area contributed by atoms with Crippen LogP contribution >= 0.6 is 0 Å². The lowest BCUT2D eigenvalue weighted by Crippen LogP contribution is -2.13. The average Bonchev–Trinajstić information content (AvgIpc) is 2.98. The van der Waals surface area contributed by atoms with E-state index in [4.69, 9.17) is 4.74 Å². The number of hydrogen-bond acceptors (Lipinski definition) is 2. The minimum absolute atomic E-state index is 0.198. The number of benzene rings is 1. The number of carbonyl (C=O) groups is 1. The first-order valence-electron chi connectivity index (χ1n) is 7.14. The molecular formula is C17H20O2. The highest BCUT2D eigenvalue weighted by molar-refractivity contribution is 5.82. The summed E-state index contributed by atoms with van der Waals surface area (Å²) in [5.41, 5.74) is 4.22. The lowest BCUT2D eigenvalue weighted by atomic mass is 9.80. The van der Waals surface area contributed by atoms with Crippen LogP contribution in [0.3, 0.4) is 0 Å². The number of fused-ring (bicyclic) bond motifs is 5. The molecule has 0 saturated heterocycles. The van der Waals surface area contributed by atoms with E-state index in [9.17, 15) is 4.79 Å². The smallest absolute Gasteiger partial charge is 0.330 e. The van der Waals surface area contributed by atoms with Crippen molar-refractivity contribution in [1.29, 1.82) is 0 Å². The van der Waals surface area contributed by atoms with Gasteiger partial charge in [0.05, 0.1) is 6.61 Å². The van der Waals surface area contributed by atoms with Gasteiger partial charge in [0.15, 0.2) is 0 Å². The van der Waals surface area contributed by atoms with Gasteiger partial charge in [-0.2, -0.15) is 0 Å². The molecular weight excluding hydrogens is 236 g/mol. The fourth-order valence-corrected chi connectivity index (χ4v) is 3.84. The summed E-state index contributed by atoms with van der Waals surface area (Å²) >= 11 is 0. The van der Waals surface area contributed by atoms with Crippen molar-refractivity contribution in [3.8, 4) is 0 Å². The Morgan fingerprint density at radius 2 is 2.05 bits per heavy atom. The standard InChI is InChI=1S/C17H20O2/c1-3-19-17(18)8-11(2)15-9-12-10-16(15)14-7-5-4-6-13(12)14/h4-8,12,15-16H,3,9-10H2,1-2H3/b11-8+/t12-,15+,16+/m0/s1. The number of esters is 1. The van der Waals surface area contributed by atoms with Crippen molar-refractivity contribution >= 4 is 5.97 Å². The maximum atomic E-state index is 11.6. The SMILES string of the molecule is CCOC(=O)/C=C(\C)[C@H]1C[C@H]2C[C@@H]1c1ccccc12. The summed E-state index contributed by atoms with van der Waals surface area (Å²) in [6, 6.07) is 8.78. The molecule has 1 saturated carbocycles. The van der Waals surface area contributed by atoms with E-state index in [0.29, 0.717) is 24.4 Å². The van der Waals surface area contributed by atoms with Gasteiger partial charge in [-0.3, -0.25) is 0 Å². The lowest BCUT2D eigenvalue weighted by Gasteiger charge is -2.25. The van der Waals surface area contributed by atoms with E-state index in [1.165, 1.54) is 29.5 Å². The topological polar surface area (TPSA) is 26.3 Å². The highest BCUT2D eigenvalue weighted by Gasteiger charge is 2.43. The third-order valence-electron chi connectivity index (χ3n) is 4.61. The van der Waals surface area contributed by atoms with Crippen LogP contribution in [0.1, 0.15) is 49.7 Å². The van der Waals surface area contributed by atoms with Gasteiger partial charge < -0.3 is 4.74 Å². The number of ether oxygens (including phenoxy) is 1. The van der Waals surface area contributed by atoms with E-state index in [0.717, 1.165) is 0 Å². The molecule has 100 valence electrons. The monoisotopic (exact) mass is 256 g/mol. The summed E-state index contributed by atoms with van der Waals surface area (Å²) in [7, 11) is 0. The van der Waals surface area contributed by atoms with Crippen LogP contribution in [0, 0.1) is 5.92 Å². The maximum absolute atomic E-state index is 11.6. The number of hydrogen-bond donors (Lipinski definition) is 0. The minimum Gasteiger partial charge on any atom is -0.463 e. The number of carbonyl (C=O) groups excluding carboxylic acids is 1. The Labute approximate surface area is 114 Å². The van der Waals surface area contributed by atoms with Crippen LogP contribution < -0.4 is 0 Å². The van der Waals surface area contributed by atoms with Crippen molar-refractivity contribution in [2.45, 2.75) is 38.5 Å². The molecule has 1 aromatic carbocycles. The van der Waals surface area contributed by atoms with Crippen LogP contribution in [0.5, 0.6) is 0 Å². The van der Waals surface area contributed by atoms with Crippen molar-refractivity contribution in [3.63, 3.8) is 0 Å². The molecule has 0 heterocycles. The van der Waals surface area contributed by atoms with E-state index in [-0.39, 0.29) is 5.97 Å². The van der Waals surface area contributed by atoms with Crippen molar-refractivity contribution in [3.05, 3.63) is 47.0 Å². The van der Waals surface area contributed by atoms with Crippen LogP contribution in [0.4, 0.5) is 0 Å². The molecule has 2 aliphatic carbocycles. The normalized spacial score (nSPS) is 28.3. The van der Waals surface area contributed by atoms with Gasteiger partial charge in [-0.05, 0) is 55.6 Å². The van der Waals surface area contributed by atoms with Crippen LogP contribution in [0.25, 0.3) is 0 Å². The first-order chi connectivity index (χ1) is 9.20. The summed E-state index contributed by atoms with van der Waals surface area (Å²) < 4.78 is 5.01. The second-order valence-corrected chi connectivity index (χ2v) is 5.65. The largest absolute Gasteiger partial charge is 0.463 e. The fraction of sp³-hybridized carbons (Fsp3) is 0.471. The minimum atomic E-state index is -0.198. The molecule has 3 atom stereocenters. The Kier molecular flexibility index (Phi) is 3.17. The van der Waals surface area contributed by atoms with Crippen molar-refractivity contribution in [2.75, 3.05) is 6.61 Å². The predicted octanol–water partition coefficient (Wildman–Crippen LogP) is 3.79. The third kappa shape index (κ3) is 2.09. The first-order valence-corrected chi connectivity index (χ1v) is 7.14. The zero-order valence-corrected chi connectivity index (χ0v) is 11.6. The molecule has 0 spiro atoms. The average molecular weight is 256 g/mol. The molecule has 0 N–H and O–H groups in total. The molecule has 2 nitrogen and oxygen atoms in total. The number of allylic oxidation sites excluding steroid dienone is 1. The van der Waals surface area contributed by atoms with Crippen molar-refractivity contribution in [2.24, 2.45) is 5.92 Å². The zero-order valence-electron chi connectivity index (χ0n) is 11.6. The molecule has 0 unspecified atom stereocenters. The highest BCUT2D eigenvalue weighted by atomic mass is 16.5. The zero-order chi connectivity index (χ0) is 13.4. The third-order valence-corrected chi connectivity index (χ3v) is 4.61. The van der Waals surface area contributed by atoms with E-state index in [1.807, 2.05) is 6.92 Å². The van der Waals surface area contributed by atoms with Crippen LogP contribution in [-0.4, -0.2) is 12.6 Å². The lowest BCUT2D eigenvalue weighted by molar-refractivity contribution is -0.137. The van der Waals surface area contributed by atoms with Gasteiger partial charge in [0.1, 0.15) is 0 Å². The molecule has 2 heteroatoms. The van der Waals surface area contributed by atoms with E-state index >= 15 is 0 Å². The molecule has 19 heavy (non-hydrogen) atoms. The van der Waals surface area contributed by atoms with Crippen molar-refractivity contribution in [1.82, 2.24) is 0 Å². The molecule has 3 rings (SSSR count). The summed E-state index contributed by atoms with van der Waals surface area (Å²) in [4.78, 5) is 11.6. The van der Waals surface area contributed by atoms with Crippen LogP contribution in [-0.2, 0) is 9.53 Å². The summed E-state index contributed by atoms with van der Waals surface area (Å²) in [5, 5.41) is 0. The summed E-state index contributed by atoms with van der Waals surface area (Å²) in [5.74, 6) is 1.61. The molecule has 2 bridgehead atoms. The van der Waals surface area contributed by atoms with Gasteiger partial charge in [-0.15, -0.1) is 0 Å². The van der Waals surface area contributed by atoms with E-state index in [1.54, 1.807) is 6.08 Å². The van der Waals surface area contributed by atoms with Gasteiger partial charge in [0.25, 0.3) is 0 Å². The van der Waals surface area contributed by atoms with Crippen molar-refractivity contribution < 1.29 is 9.53 Å². The summed E-state index contributed by atoms with van der Waals surface area (Å²) in [6.07, 6.45) is 4.12. The van der Waals surface area contributed by atoms with E-state index in [2.05, 4.69) is 31.2 Å². The molecule has 1 aromatic rings. The quantitative estimate of drug-likeness (QED) is 0.607. The molecule has 0 amide bonds. The van der Waals surface area contributed by atoms with Crippen LogP contribution in [0.2, 0.25) is 0 Å². The first kappa shape index (κ1) is 12.5. The molecule has 0 aliphatic heterocycles. The van der Waals surface area contributed by atoms with Gasteiger partial charge in [-0.1, -0.05) is 29.8 Å². The fourth-order valence-electron chi connectivity index (χ4n) is 3.84. The Balaban J connectivity index is 1.82. The maximum Gasteiger partial charge on any atom is 0.330 e. The van der Waals surface area contributed by atoms with Crippen LogP contribution in [0.15, 0.2) is 35.9 Å². The molecule has 1 fully saturated rings. The Morgan fingerprint density at radius 3 is 2.79 bits per heavy atom. The predicted molar refractivity (Wildman–Crippen MR) is 75.0 cm³/mol. The Morgan fingerprint density at radius 1 is 1.32 bits per heavy atom. The molecule has 0 aromatic heterocycles. The Bertz CT molecular complexity index is 530. The second kappa shape index (κ2) is 4.84.